The highest BCUT2D eigenvalue weighted by molar-refractivity contribution is 5.95. The largest absolute Gasteiger partial charge is 0.460 e. The number of non-ortho nitro benzene ring substituents is 1. The van der Waals surface area contributed by atoms with Crippen LogP contribution in [0.4, 0.5) is 5.69 Å². The van der Waals surface area contributed by atoms with Crippen molar-refractivity contribution in [2.24, 2.45) is 11.0 Å². The first-order chi connectivity index (χ1) is 11.0. The molecule has 0 radical (unpaired) electrons. The van der Waals surface area contributed by atoms with E-state index in [0.29, 0.717) is 17.6 Å². The zero-order valence-electron chi connectivity index (χ0n) is 12.4. The van der Waals surface area contributed by atoms with Gasteiger partial charge in [0.25, 0.3) is 11.6 Å². The molecule has 0 spiro atoms. The molecule has 1 amide bonds. The molecular formula is C16H15N3O4. The summed E-state index contributed by atoms with van der Waals surface area (Å²) < 4.78 is 5.63. The average molecular weight is 313 g/mol. The van der Waals surface area contributed by atoms with E-state index in [1.165, 1.54) is 30.5 Å². The van der Waals surface area contributed by atoms with Crippen molar-refractivity contribution in [1.82, 2.24) is 5.43 Å². The fourth-order valence-corrected chi connectivity index (χ4v) is 2.34. The topological polar surface area (TPSA) is 97.7 Å². The standard InChI is InChI=1S/C16H15N3O4/c1-10-7-14(10)15-6-5-13(23-15)9-17-18-16(20)11-3-2-4-12(8-11)19(21)22/h2-6,8-10,14H,7H2,1H3,(H,18,20)/b17-9-/t10-,14-/m0/s1. The number of carbonyl (C=O) groups excluding carboxylic acids is 1. The Bertz CT molecular complexity index is 781. The van der Waals surface area contributed by atoms with E-state index in [2.05, 4.69) is 17.5 Å². The predicted octanol–water partition coefficient (Wildman–Crippen LogP) is 3.08. The van der Waals surface area contributed by atoms with Gasteiger partial charge in [0.2, 0.25) is 0 Å². The fourth-order valence-electron chi connectivity index (χ4n) is 2.34. The van der Waals surface area contributed by atoms with Crippen LogP contribution in [0, 0.1) is 16.0 Å². The molecule has 1 saturated carbocycles. The van der Waals surface area contributed by atoms with Gasteiger partial charge in [-0.05, 0) is 30.5 Å². The molecule has 1 aliphatic carbocycles. The van der Waals surface area contributed by atoms with Crippen molar-refractivity contribution >= 4 is 17.8 Å². The van der Waals surface area contributed by atoms with Crippen LogP contribution < -0.4 is 5.43 Å². The summed E-state index contributed by atoms with van der Waals surface area (Å²) in [5.74, 6) is 2.10. The number of furan rings is 1. The summed E-state index contributed by atoms with van der Waals surface area (Å²) in [5, 5.41) is 14.5. The number of carbonyl (C=O) groups is 1. The Kier molecular flexibility index (Phi) is 3.92. The highest BCUT2D eigenvalue weighted by Crippen LogP contribution is 2.47. The summed E-state index contributed by atoms with van der Waals surface area (Å²) in [6.45, 7) is 2.17. The van der Waals surface area contributed by atoms with Gasteiger partial charge in [-0.25, -0.2) is 5.43 Å². The summed E-state index contributed by atoms with van der Waals surface area (Å²) in [6.07, 6.45) is 2.54. The highest BCUT2D eigenvalue weighted by atomic mass is 16.6. The lowest BCUT2D eigenvalue weighted by molar-refractivity contribution is -0.384. The van der Waals surface area contributed by atoms with Gasteiger partial charge in [0.15, 0.2) is 0 Å². The van der Waals surface area contributed by atoms with Crippen LogP contribution in [0.1, 0.15) is 41.1 Å². The van der Waals surface area contributed by atoms with E-state index in [4.69, 9.17) is 4.42 Å². The normalized spacial score (nSPS) is 19.7. The summed E-state index contributed by atoms with van der Waals surface area (Å²) in [7, 11) is 0. The smallest absolute Gasteiger partial charge is 0.271 e. The van der Waals surface area contributed by atoms with Crippen molar-refractivity contribution < 1.29 is 14.1 Å². The summed E-state index contributed by atoms with van der Waals surface area (Å²) in [5.41, 5.74) is 2.35. The van der Waals surface area contributed by atoms with Gasteiger partial charge in [0.1, 0.15) is 11.5 Å². The van der Waals surface area contributed by atoms with E-state index >= 15 is 0 Å². The van der Waals surface area contributed by atoms with Gasteiger partial charge in [-0.15, -0.1) is 0 Å². The van der Waals surface area contributed by atoms with Gasteiger partial charge in [-0.1, -0.05) is 13.0 Å². The van der Waals surface area contributed by atoms with Crippen LogP contribution in [0.3, 0.4) is 0 Å². The zero-order valence-corrected chi connectivity index (χ0v) is 12.4. The van der Waals surface area contributed by atoms with E-state index in [1.807, 2.05) is 6.07 Å². The second-order valence-corrected chi connectivity index (χ2v) is 5.57. The second-order valence-electron chi connectivity index (χ2n) is 5.57. The van der Waals surface area contributed by atoms with E-state index < -0.39 is 10.8 Å². The molecule has 118 valence electrons. The van der Waals surface area contributed by atoms with Crippen molar-refractivity contribution in [3.05, 3.63) is 63.6 Å². The number of hydrogen-bond donors (Lipinski definition) is 1. The number of nitrogens with zero attached hydrogens (tertiary/aromatic N) is 2. The number of benzene rings is 1. The molecule has 0 saturated heterocycles. The molecule has 7 nitrogen and oxygen atoms in total. The minimum atomic E-state index is -0.552. The van der Waals surface area contributed by atoms with E-state index in [1.54, 1.807) is 6.07 Å². The third-order valence-electron chi connectivity index (χ3n) is 3.80. The number of nitrogens with one attached hydrogen (secondary N) is 1. The van der Waals surface area contributed by atoms with Crippen LogP contribution in [-0.2, 0) is 0 Å². The molecule has 0 unspecified atom stereocenters. The molecule has 1 aliphatic rings. The molecule has 0 bridgehead atoms. The fraction of sp³-hybridized carbons (Fsp3) is 0.250. The summed E-state index contributed by atoms with van der Waals surface area (Å²) in [6, 6.07) is 9.17. The number of hydrogen-bond acceptors (Lipinski definition) is 5. The van der Waals surface area contributed by atoms with Crippen LogP contribution in [-0.4, -0.2) is 17.0 Å². The number of rotatable bonds is 5. The van der Waals surface area contributed by atoms with Gasteiger partial charge < -0.3 is 4.42 Å². The number of hydrazone groups is 1. The first-order valence-electron chi connectivity index (χ1n) is 7.22. The Balaban J connectivity index is 1.61. The lowest BCUT2D eigenvalue weighted by atomic mass is 10.2. The molecule has 1 N–H and O–H groups in total. The van der Waals surface area contributed by atoms with Crippen LogP contribution in [0.2, 0.25) is 0 Å². The maximum absolute atomic E-state index is 11.9. The monoisotopic (exact) mass is 313 g/mol. The molecule has 1 aromatic heterocycles. The summed E-state index contributed by atoms with van der Waals surface area (Å²) in [4.78, 5) is 22.0. The molecule has 2 aromatic rings. The van der Waals surface area contributed by atoms with Crippen LogP contribution in [0.5, 0.6) is 0 Å². The van der Waals surface area contributed by atoms with Gasteiger partial charge in [0, 0.05) is 23.6 Å². The molecule has 3 rings (SSSR count). The Hall–Kier alpha value is -2.96. The number of amides is 1. The third-order valence-corrected chi connectivity index (χ3v) is 3.80. The van der Waals surface area contributed by atoms with Crippen LogP contribution in [0.25, 0.3) is 0 Å². The summed E-state index contributed by atoms with van der Waals surface area (Å²) >= 11 is 0. The molecule has 23 heavy (non-hydrogen) atoms. The SMILES string of the molecule is C[C@H]1C[C@@H]1c1ccc(/C=N\NC(=O)c2cccc([N+](=O)[O-])c2)o1. The molecule has 2 atom stereocenters. The van der Waals surface area contributed by atoms with Crippen molar-refractivity contribution in [1.29, 1.82) is 0 Å². The Morgan fingerprint density at radius 1 is 1.43 bits per heavy atom. The molecule has 1 aromatic carbocycles. The van der Waals surface area contributed by atoms with Gasteiger partial charge in [-0.2, -0.15) is 5.10 Å². The Morgan fingerprint density at radius 2 is 2.22 bits per heavy atom. The maximum Gasteiger partial charge on any atom is 0.271 e. The Morgan fingerprint density at radius 3 is 2.91 bits per heavy atom. The number of nitro benzene ring substituents is 1. The molecular weight excluding hydrogens is 298 g/mol. The van der Waals surface area contributed by atoms with E-state index in [0.717, 1.165) is 12.2 Å². The Labute approximate surface area is 132 Å². The lowest BCUT2D eigenvalue weighted by Crippen LogP contribution is -2.17. The molecule has 0 aliphatic heterocycles. The van der Waals surface area contributed by atoms with E-state index in [9.17, 15) is 14.9 Å². The quantitative estimate of drug-likeness (QED) is 0.521. The minimum Gasteiger partial charge on any atom is -0.460 e. The van der Waals surface area contributed by atoms with Crippen molar-refractivity contribution in [2.75, 3.05) is 0 Å². The first kappa shape index (κ1) is 15.0. The van der Waals surface area contributed by atoms with Gasteiger partial charge >= 0.3 is 0 Å². The average Bonchev–Trinajstić information content (AvgIpc) is 3.09. The number of nitro groups is 1. The van der Waals surface area contributed by atoms with Crippen LogP contribution in [0.15, 0.2) is 45.9 Å². The maximum atomic E-state index is 11.9. The molecule has 1 fully saturated rings. The molecule has 7 heteroatoms. The van der Waals surface area contributed by atoms with E-state index in [-0.39, 0.29) is 11.3 Å². The van der Waals surface area contributed by atoms with Gasteiger partial charge in [0.05, 0.1) is 11.1 Å². The first-order valence-corrected chi connectivity index (χ1v) is 7.22. The van der Waals surface area contributed by atoms with Gasteiger partial charge in [-0.3, -0.25) is 14.9 Å². The second kappa shape index (κ2) is 6.04. The minimum absolute atomic E-state index is 0.143. The van der Waals surface area contributed by atoms with Crippen molar-refractivity contribution in [3.63, 3.8) is 0 Å². The van der Waals surface area contributed by atoms with Crippen molar-refractivity contribution in [2.45, 2.75) is 19.3 Å². The lowest BCUT2D eigenvalue weighted by Gasteiger charge is -1.99. The van der Waals surface area contributed by atoms with Crippen molar-refractivity contribution in [3.8, 4) is 0 Å². The highest BCUT2D eigenvalue weighted by Gasteiger charge is 2.36. The molecule has 1 heterocycles. The third kappa shape index (κ3) is 3.45. The van der Waals surface area contributed by atoms with Crippen LogP contribution >= 0.6 is 0 Å². The zero-order chi connectivity index (χ0) is 16.4. The predicted molar refractivity (Wildman–Crippen MR) is 83.4 cm³/mol.